The van der Waals surface area contributed by atoms with E-state index in [1.54, 1.807) is 0 Å². The first-order chi connectivity index (χ1) is 6.33. The normalized spacial score (nSPS) is 24.0. The Kier molecular flexibility index (Phi) is 5.81. The van der Waals surface area contributed by atoms with Gasteiger partial charge in [-0.15, -0.1) is 11.6 Å². The van der Waals surface area contributed by atoms with Gasteiger partial charge in [0, 0.05) is 12.0 Å². The molecule has 2 atom stereocenters. The number of rotatable bonds is 7. The first-order valence-electron chi connectivity index (χ1n) is 5.58. The predicted octanol–water partition coefficient (Wildman–Crippen LogP) is 3.74. The molecule has 1 fully saturated rings. The van der Waals surface area contributed by atoms with Crippen molar-refractivity contribution in [2.24, 2.45) is 0 Å². The Morgan fingerprint density at radius 1 is 1.38 bits per heavy atom. The van der Waals surface area contributed by atoms with E-state index in [4.69, 9.17) is 16.3 Å². The maximum Gasteiger partial charge on any atom is 0.0597 e. The standard InChI is InChI=1S/C11H21ClO/c1-2-3-4-5-10(12)6-7-11-8-9-13-11/h10-11H,2-9H2,1H3. The molecule has 1 heterocycles. The van der Waals surface area contributed by atoms with Crippen LogP contribution in [0.3, 0.4) is 0 Å². The van der Waals surface area contributed by atoms with Crippen molar-refractivity contribution in [3.05, 3.63) is 0 Å². The minimum atomic E-state index is 0.385. The van der Waals surface area contributed by atoms with Crippen molar-refractivity contribution in [1.82, 2.24) is 0 Å². The maximum absolute atomic E-state index is 6.19. The summed E-state index contributed by atoms with van der Waals surface area (Å²) in [5, 5.41) is 0.385. The van der Waals surface area contributed by atoms with E-state index in [0.29, 0.717) is 11.5 Å². The van der Waals surface area contributed by atoms with Gasteiger partial charge in [0.05, 0.1) is 6.10 Å². The summed E-state index contributed by atoms with van der Waals surface area (Å²) >= 11 is 6.19. The van der Waals surface area contributed by atoms with E-state index in [0.717, 1.165) is 13.0 Å². The maximum atomic E-state index is 6.19. The Bertz CT molecular complexity index is 123. The van der Waals surface area contributed by atoms with Gasteiger partial charge in [-0.05, 0) is 25.7 Å². The van der Waals surface area contributed by atoms with Gasteiger partial charge in [-0.2, -0.15) is 0 Å². The zero-order valence-electron chi connectivity index (χ0n) is 8.60. The molecule has 1 aliphatic heterocycles. The highest BCUT2D eigenvalue weighted by molar-refractivity contribution is 6.20. The summed E-state index contributed by atoms with van der Waals surface area (Å²) in [5.41, 5.74) is 0. The van der Waals surface area contributed by atoms with Crippen LogP contribution >= 0.6 is 11.6 Å². The second kappa shape index (κ2) is 6.67. The van der Waals surface area contributed by atoms with Crippen LogP contribution in [0, 0.1) is 0 Å². The van der Waals surface area contributed by atoms with Crippen molar-refractivity contribution in [2.45, 2.75) is 63.4 Å². The molecule has 0 saturated carbocycles. The molecule has 0 amide bonds. The number of ether oxygens (including phenoxy) is 1. The molecule has 0 N–H and O–H groups in total. The van der Waals surface area contributed by atoms with Crippen LogP contribution in [0.4, 0.5) is 0 Å². The molecule has 0 aliphatic carbocycles. The highest BCUT2D eigenvalue weighted by Crippen LogP contribution is 2.21. The van der Waals surface area contributed by atoms with Gasteiger partial charge < -0.3 is 4.74 Å². The summed E-state index contributed by atoms with van der Waals surface area (Å²) in [7, 11) is 0. The molecule has 2 heteroatoms. The molecule has 0 aromatic rings. The molecule has 1 saturated heterocycles. The van der Waals surface area contributed by atoms with Crippen molar-refractivity contribution < 1.29 is 4.74 Å². The lowest BCUT2D eigenvalue weighted by Gasteiger charge is -2.27. The molecule has 0 radical (unpaired) electrons. The Labute approximate surface area is 86.8 Å². The minimum absolute atomic E-state index is 0.385. The molecule has 0 bridgehead atoms. The zero-order chi connectivity index (χ0) is 9.52. The number of alkyl halides is 1. The monoisotopic (exact) mass is 204 g/mol. The minimum Gasteiger partial charge on any atom is -0.378 e. The van der Waals surface area contributed by atoms with Gasteiger partial charge in [0.15, 0.2) is 0 Å². The van der Waals surface area contributed by atoms with Gasteiger partial charge in [0.2, 0.25) is 0 Å². The van der Waals surface area contributed by atoms with Crippen LogP contribution in [-0.2, 0) is 4.74 Å². The third-order valence-corrected chi connectivity index (χ3v) is 3.15. The SMILES string of the molecule is CCCCCC(Cl)CCC1CCO1. The highest BCUT2D eigenvalue weighted by Gasteiger charge is 2.18. The fourth-order valence-corrected chi connectivity index (χ4v) is 1.92. The fraction of sp³-hybridized carbons (Fsp3) is 1.00. The zero-order valence-corrected chi connectivity index (χ0v) is 9.35. The van der Waals surface area contributed by atoms with Gasteiger partial charge >= 0.3 is 0 Å². The van der Waals surface area contributed by atoms with Gasteiger partial charge in [-0.25, -0.2) is 0 Å². The largest absolute Gasteiger partial charge is 0.378 e. The smallest absolute Gasteiger partial charge is 0.0597 e. The Balaban J connectivity index is 1.87. The molecule has 1 aliphatic rings. The molecule has 13 heavy (non-hydrogen) atoms. The lowest BCUT2D eigenvalue weighted by atomic mass is 10.0. The molecule has 1 nitrogen and oxygen atoms in total. The van der Waals surface area contributed by atoms with Gasteiger partial charge in [0.1, 0.15) is 0 Å². The van der Waals surface area contributed by atoms with Crippen molar-refractivity contribution in [3.8, 4) is 0 Å². The van der Waals surface area contributed by atoms with Crippen LogP contribution in [0.1, 0.15) is 51.9 Å². The number of hydrogen-bond acceptors (Lipinski definition) is 1. The van der Waals surface area contributed by atoms with Crippen LogP contribution < -0.4 is 0 Å². The van der Waals surface area contributed by atoms with Crippen LogP contribution in [0.5, 0.6) is 0 Å². The average molecular weight is 205 g/mol. The molecule has 78 valence electrons. The van der Waals surface area contributed by atoms with Crippen molar-refractivity contribution >= 4 is 11.6 Å². The Morgan fingerprint density at radius 3 is 2.69 bits per heavy atom. The van der Waals surface area contributed by atoms with E-state index < -0.39 is 0 Å². The van der Waals surface area contributed by atoms with Crippen molar-refractivity contribution in [1.29, 1.82) is 0 Å². The summed E-state index contributed by atoms with van der Waals surface area (Å²) in [5.74, 6) is 0. The summed E-state index contributed by atoms with van der Waals surface area (Å²) in [6, 6.07) is 0. The molecule has 0 spiro atoms. The Morgan fingerprint density at radius 2 is 2.15 bits per heavy atom. The summed E-state index contributed by atoms with van der Waals surface area (Å²) in [6.45, 7) is 3.19. The summed E-state index contributed by atoms with van der Waals surface area (Å²) in [4.78, 5) is 0. The van der Waals surface area contributed by atoms with Crippen LogP contribution in [0.15, 0.2) is 0 Å². The average Bonchev–Trinajstić information content (AvgIpc) is 2.02. The van der Waals surface area contributed by atoms with Crippen LogP contribution in [0.25, 0.3) is 0 Å². The lowest BCUT2D eigenvalue weighted by Crippen LogP contribution is -2.27. The molecule has 2 unspecified atom stereocenters. The van der Waals surface area contributed by atoms with Crippen LogP contribution in [0.2, 0.25) is 0 Å². The third kappa shape index (κ3) is 4.87. The second-order valence-corrected chi connectivity index (χ2v) is 4.57. The first-order valence-corrected chi connectivity index (χ1v) is 6.02. The van der Waals surface area contributed by atoms with E-state index in [1.807, 2.05) is 0 Å². The van der Waals surface area contributed by atoms with Gasteiger partial charge in [-0.3, -0.25) is 0 Å². The van der Waals surface area contributed by atoms with Crippen LogP contribution in [-0.4, -0.2) is 18.1 Å². The molecular formula is C11H21ClO. The third-order valence-electron chi connectivity index (χ3n) is 2.72. The Hall–Kier alpha value is 0.250. The van der Waals surface area contributed by atoms with Crippen molar-refractivity contribution in [3.63, 3.8) is 0 Å². The van der Waals surface area contributed by atoms with E-state index in [2.05, 4.69) is 6.92 Å². The van der Waals surface area contributed by atoms with E-state index in [1.165, 1.54) is 38.5 Å². The van der Waals surface area contributed by atoms with Gasteiger partial charge in [-0.1, -0.05) is 26.2 Å². The topological polar surface area (TPSA) is 9.23 Å². The van der Waals surface area contributed by atoms with E-state index in [9.17, 15) is 0 Å². The highest BCUT2D eigenvalue weighted by atomic mass is 35.5. The molecule has 1 rings (SSSR count). The van der Waals surface area contributed by atoms with E-state index >= 15 is 0 Å². The van der Waals surface area contributed by atoms with Crippen molar-refractivity contribution in [2.75, 3.05) is 6.61 Å². The summed E-state index contributed by atoms with van der Waals surface area (Å²) in [6.07, 6.45) is 9.17. The first kappa shape index (κ1) is 11.3. The number of hydrogen-bond donors (Lipinski definition) is 0. The number of halogens is 1. The lowest BCUT2D eigenvalue weighted by molar-refractivity contribution is -0.0554. The molecule has 0 aromatic carbocycles. The second-order valence-electron chi connectivity index (χ2n) is 3.95. The van der Waals surface area contributed by atoms with Gasteiger partial charge in [0.25, 0.3) is 0 Å². The quantitative estimate of drug-likeness (QED) is 0.454. The molecular weight excluding hydrogens is 184 g/mol. The number of unbranched alkanes of at least 4 members (excludes halogenated alkanes) is 2. The summed E-state index contributed by atoms with van der Waals surface area (Å²) < 4.78 is 5.35. The molecule has 0 aromatic heterocycles. The van der Waals surface area contributed by atoms with E-state index in [-0.39, 0.29) is 0 Å². The fourth-order valence-electron chi connectivity index (χ4n) is 1.64. The predicted molar refractivity (Wildman–Crippen MR) is 57.4 cm³/mol.